The van der Waals surface area contributed by atoms with E-state index < -0.39 is 0 Å². The molecule has 2 fully saturated rings. The van der Waals surface area contributed by atoms with Crippen molar-refractivity contribution in [1.82, 2.24) is 10.6 Å². The topological polar surface area (TPSA) is 62.7 Å². The van der Waals surface area contributed by atoms with E-state index in [1.807, 2.05) is 14.0 Å². The molecular formula is C17H31N3O2. The average molecular weight is 309 g/mol. The van der Waals surface area contributed by atoms with Crippen LogP contribution in [0.25, 0.3) is 0 Å². The molecule has 0 aromatic heterocycles. The number of hydrogen-bond acceptors (Lipinski definition) is 3. The van der Waals surface area contributed by atoms with Crippen LogP contribution in [0.2, 0.25) is 0 Å². The molecular weight excluding hydrogens is 278 g/mol. The van der Waals surface area contributed by atoms with Gasteiger partial charge in [0.05, 0.1) is 12.5 Å². The summed E-state index contributed by atoms with van der Waals surface area (Å²) < 4.78 is 5.11. The standard InChI is InChI=1S/C17H31N3O2/c1-3-22-16(21)14-8-10-15(11-9-14)20-17(18-2)19-12-4-5-13-6-7-13/h13-15H,3-12H2,1-2H3,(H2,18,19,20). The van der Waals surface area contributed by atoms with Crippen LogP contribution in [-0.2, 0) is 9.53 Å². The van der Waals surface area contributed by atoms with Crippen LogP contribution in [0.1, 0.15) is 58.3 Å². The SMILES string of the molecule is CCOC(=O)C1CCC(NC(=NC)NCCCC2CC2)CC1. The summed E-state index contributed by atoms with van der Waals surface area (Å²) in [5.74, 6) is 1.96. The molecule has 2 aliphatic rings. The molecule has 5 nitrogen and oxygen atoms in total. The smallest absolute Gasteiger partial charge is 0.308 e. The van der Waals surface area contributed by atoms with Crippen molar-refractivity contribution < 1.29 is 9.53 Å². The number of nitrogens with one attached hydrogen (secondary N) is 2. The Morgan fingerprint density at radius 2 is 1.91 bits per heavy atom. The van der Waals surface area contributed by atoms with Crippen LogP contribution in [0.5, 0.6) is 0 Å². The molecule has 0 atom stereocenters. The molecule has 2 N–H and O–H groups in total. The fourth-order valence-electron chi connectivity index (χ4n) is 3.13. The first-order chi connectivity index (χ1) is 10.7. The molecule has 0 spiro atoms. The second kappa shape index (κ2) is 9.01. The fraction of sp³-hybridized carbons (Fsp3) is 0.882. The first-order valence-electron chi connectivity index (χ1n) is 8.86. The first-order valence-corrected chi connectivity index (χ1v) is 8.86. The van der Waals surface area contributed by atoms with Crippen molar-refractivity contribution in [1.29, 1.82) is 0 Å². The van der Waals surface area contributed by atoms with Crippen LogP contribution in [0.15, 0.2) is 4.99 Å². The quantitative estimate of drug-likeness (QED) is 0.328. The largest absolute Gasteiger partial charge is 0.466 e. The lowest BCUT2D eigenvalue weighted by molar-refractivity contribution is -0.149. The number of esters is 1. The Balaban J connectivity index is 1.61. The van der Waals surface area contributed by atoms with Gasteiger partial charge in [0.25, 0.3) is 0 Å². The van der Waals surface area contributed by atoms with Gasteiger partial charge in [-0.05, 0) is 51.4 Å². The highest BCUT2D eigenvalue weighted by Crippen LogP contribution is 2.33. The average Bonchev–Trinajstić information content (AvgIpc) is 3.35. The van der Waals surface area contributed by atoms with E-state index in [1.54, 1.807) is 0 Å². The van der Waals surface area contributed by atoms with Gasteiger partial charge < -0.3 is 15.4 Å². The Morgan fingerprint density at radius 3 is 2.50 bits per heavy atom. The van der Waals surface area contributed by atoms with Gasteiger partial charge in [0.15, 0.2) is 5.96 Å². The number of guanidine groups is 1. The van der Waals surface area contributed by atoms with Crippen LogP contribution >= 0.6 is 0 Å². The summed E-state index contributed by atoms with van der Waals surface area (Å²) in [6.45, 7) is 3.34. The maximum Gasteiger partial charge on any atom is 0.308 e. The van der Waals surface area contributed by atoms with Crippen molar-refractivity contribution in [3.05, 3.63) is 0 Å². The third kappa shape index (κ3) is 5.85. The van der Waals surface area contributed by atoms with Gasteiger partial charge in [0, 0.05) is 19.6 Å². The molecule has 22 heavy (non-hydrogen) atoms. The van der Waals surface area contributed by atoms with E-state index in [2.05, 4.69) is 15.6 Å². The third-order valence-electron chi connectivity index (χ3n) is 4.69. The predicted molar refractivity (Wildman–Crippen MR) is 88.8 cm³/mol. The van der Waals surface area contributed by atoms with Gasteiger partial charge in [-0.25, -0.2) is 0 Å². The molecule has 126 valence electrons. The lowest BCUT2D eigenvalue weighted by Crippen LogP contribution is -2.45. The first kappa shape index (κ1) is 17.1. The normalized spacial score (nSPS) is 25.6. The van der Waals surface area contributed by atoms with Crippen molar-refractivity contribution in [2.75, 3.05) is 20.2 Å². The van der Waals surface area contributed by atoms with Crippen molar-refractivity contribution >= 4 is 11.9 Å². The van der Waals surface area contributed by atoms with E-state index in [0.29, 0.717) is 12.6 Å². The van der Waals surface area contributed by atoms with Crippen molar-refractivity contribution in [3.63, 3.8) is 0 Å². The van der Waals surface area contributed by atoms with E-state index in [4.69, 9.17) is 4.74 Å². The Hall–Kier alpha value is -1.26. The van der Waals surface area contributed by atoms with Crippen LogP contribution in [0.3, 0.4) is 0 Å². The third-order valence-corrected chi connectivity index (χ3v) is 4.69. The maximum atomic E-state index is 11.7. The molecule has 2 saturated carbocycles. The monoisotopic (exact) mass is 309 g/mol. The molecule has 0 saturated heterocycles. The van der Waals surface area contributed by atoms with E-state index in [0.717, 1.165) is 44.1 Å². The van der Waals surface area contributed by atoms with Crippen LogP contribution in [0, 0.1) is 11.8 Å². The molecule has 0 heterocycles. The summed E-state index contributed by atoms with van der Waals surface area (Å²) in [4.78, 5) is 16.0. The van der Waals surface area contributed by atoms with E-state index in [1.165, 1.54) is 25.7 Å². The van der Waals surface area contributed by atoms with Crippen LogP contribution in [0.4, 0.5) is 0 Å². The maximum absolute atomic E-state index is 11.7. The molecule has 0 unspecified atom stereocenters. The highest BCUT2D eigenvalue weighted by Gasteiger charge is 2.27. The summed E-state index contributed by atoms with van der Waals surface area (Å²) in [5, 5.41) is 6.89. The number of aliphatic imine (C=N–C) groups is 1. The van der Waals surface area contributed by atoms with E-state index in [-0.39, 0.29) is 11.9 Å². The molecule has 0 bridgehead atoms. The lowest BCUT2D eigenvalue weighted by atomic mass is 9.86. The summed E-state index contributed by atoms with van der Waals surface area (Å²) >= 11 is 0. The van der Waals surface area contributed by atoms with Gasteiger partial charge in [0.2, 0.25) is 0 Å². The zero-order chi connectivity index (χ0) is 15.8. The Labute approximate surface area is 134 Å². The molecule has 0 radical (unpaired) electrons. The molecule has 5 heteroatoms. The van der Waals surface area contributed by atoms with Gasteiger partial charge in [-0.1, -0.05) is 12.8 Å². The number of rotatable bonds is 7. The minimum absolute atomic E-state index is 0.0245. The number of hydrogen-bond donors (Lipinski definition) is 2. The summed E-state index contributed by atoms with van der Waals surface area (Å²) in [5.41, 5.74) is 0. The number of carbonyl (C=O) groups is 1. The second-order valence-electron chi connectivity index (χ2n) is 6.53. The molecule has 2 rings (SSSR count). The number of ether oxygens (including phenoxy) is 1. The van der Waals surface area contributed by atoms with Crippen molar-refractivity contribution in [2.45, 2.75) is 64.3 Å². The highest BCUT2D eigenvalue weighted by molar-refractivity contribution is 5.80. The van der Waals surface area contributed by atoms with E-state index in [9.17, 15) is 4.79 Å². The molecule has 2 aliphatic carbocycles. The minimum atomic E-state index is -0.0245. The molecule has 0 aromatic carbocycles. The van der Waals surface area contributed by atoms with Gasteiger partial charge in [-0.15, -0.1) is 0 Å². The fourth-order valence-corrected chi connectivity index (χ4v) is 3.13. The second-order valence-corrected chi connectivity index (χ2v) is 6.53. The van der Waals surface area contributed by atoms with Gasteiger partial charge >= 0.3 is 5.97 Å². The zero-order valence-electron chi connectivity index (χ0n) is 14.1. The minimum Gasteiger partial charge on any atom is -0.466 e. The predicted octanol–water partition coefficient (Wildman–Crippen LogP) is 2.46. The van der Waals surface area contributed by atoms with Gasteiger partial charge in [-0.2, -0.15) is 0 Å². The van der Waals surface area contributed by atoms with Crippen LogP contribution in [-0.4, -0.2) is 38.2 Å². The zero-order valence-corrected chi connectivity index (χ0v) is 14.1. The Kier molecular flexibility index (Phi) is 7.00. The Morgan fingerprint density at radius 1 is 1.18 bits per heavy atom. The molecule has 0 aliphatic heterocycles. The van der Waals surface area contributed by atoms with Gasteiger partial charge in [0.1, 0.15) is 0 Å². The van der Waals surface area contributed by atoms with Crippen molar-refractivity contribution in [2.24, 2.45) is 16.8 Å². The summed E-state index contributed by atoms with van der Waals surface area (Å²) in [6, 6.07) is 0.417. The summed E-state index contributed by atoms with van der Waals surface area (Å²) in [7, 11) is 1.82. The number of nitrogens with zero attached hydrogens (tertiary/aromatic N) is 1. The van der Waals surface area contributed by atoms with E-state index >= 15 is 0 Å². The van der Waals surface area contributed by atoms with Gasteiger partial charge in [-0.3, -0.25) is 9.79 Å². The Bertz CT molecular complexity index is 372. The lowest BCUT2D eigenvalue weighted by Gasteiger charge is -2.29. The highest BCUT2D eigenvalue weighted by atomic mass is 16.5. The molecule has 0 amide bonds. The number of carbonyl (C=O) groups excluding carboxylic acids is 1. The van der Waals surface area contributed by atoms with Crippen molar-refractivity contribution in [3.8, 4) is 0 Å². The summed E-state index contributed by atoms with van der Waals surface area (Å²) in [6.07, 6.45) is 9.26. The molecule has 0 aromatic rings. The van der Waals surface area contributed by atoms with Crippen LogP contribution < -0.4 is 10.6 Å².